The topological polar surface area (TPSA) is 21.8 Å². The lowest BCUT2D eigenvalue weighted by atomic mass is 10.1. The summed E-state index contributed by atoms with van der Waals surface area (Å²) in [5.41, 5.74) is 1.31. The number of hydrogen-bond acceptors (Lipinski definition) is 2. The van der Waals surface area contributed by atoms with E-state index in [-0.39, 0.29) is 5.60 Å². The van der Waals surface area contributed by atoms with Crippen LogP contribution in [0.15, 0.2) is 36.4 Å². The van der Waals surface area contributed by atoms with Gasteiger partial charge in [0.05, 0.1) is 6.61 Å². The van der Waals surface area contributed by atoms with E-state index in [4.69, 9.17) is 9.47 Å². The van der Waals surface area contributed by atoms with Crippen molar-refractivity contribution in [2.45, 2.75) is 45.1 Å². The summed E-state index contributed by atoms with van der Waals surface area (Å²) in [6, 6.07) is 8.41. The Morgan fingerprint density at radius 3 is 2.95 bits per heavy atom. The van der Waals surface area contributed by atoms with Crippen molar-refractivity contribution in [1.82, 2.24) is 0 Å². The molecule has 2 nitrogen and oxygen atoms in total. The van der Waals surface area contributed by atoms with Gasteiger partial charge in [-0.2, -0.15) is 0 Å². The third kappa shape index (κ3) is 5.07. The van der Waals surface area contributed by atoms with Crippen molar-refractivity contribution in [3.8, 4) is 5.75 Å². The third-order valence-electron chi connectivity index (χ3n) is 3.32. The lowest BCUT2D eigenvalue weighted by molar-refractivity contribution is 0.202. The summed E-state index contributed by atoms with van der Waals surface area (Å²) in [7, 11) is 0. The van der Waals surface area contributed by atoms with E-state index in [0.29, 0.717) is 6.61 Å². The molecular formula is C17H24O2. The molecule has 1 atom stereocenters. The average molecular weight is 260 g/mol. The largest absolute Gasteiger partial charge is 0.490 e. The minimum atomic E-state index is -0.0407. The molecule has 0 N–H and O–H groups in total. The Bertz CT molecular complexity index is 419. The van der Waals surface area contributed by atoms with Crippen molar-refractivity contribution < 1.29 is 9.47 Å². The number of hydrogen-bond donors (Lipinski definition) is 0. The van der Waals surface area contributed by atoms with Gasteiger partial charge in [0.15, 0.2) is 0 Å². The second-order valence-corrected chi connectivity index (χ2v) is 5.45. The molecule has 19 heavy (non-hydrogen) atoms. The minimum Gasteiger partial charge on any atom is -0.490 e. The molecule has 0 amide bonds. The maximum Gasteiger partial charge on any atom is 0.123 e. The van der Waals surface area contributed by atoms with E-state index < -0.39 is 0 Å². The molecule has 0 radical (unpaired) electrons. The molecule has 1 aromatic carbocycles. The highest BCUT2D eigenvalue weighted by Crippen LogP contribution is 2.27. The van der Waals surface area contributed by atoms with Gasteiger partial charge >= 0.3 is 0 Å². The zero-order chi connectivity index (χ0) is 13.6. The van der Waals surface area contributed by atoms with E-state index in [1.54, 1.807) is 0 Å². The Morgan fingerprint density at radius 2 is 2.21 bits per heavy atom. The number of epoxide rings is 1. The van der Waals surface area contributed by atoms with Crippen molar-refractivity contribution in [2.24, 2.45) is 0 Å². The Morgan fingerprint density at radius 1 is 1.37 bits per heavy atom. The number of allylic oxidation sites excluding steroid dienone is 2. The average Bonchev–Trinajstić information content (AvgIpc) is 3.15. The molecule has 0 aliphatic carbocycles. The molecular weight excluding hydrogens is 236 g/mol. The summed E-state index contributed by atoms with van der Waals surface area (Å²) < 4.78 is 11.1. The third-order valence-corrected chi connectivity index (χ3v) is 3.32. The van der Waals surface area contributed by atoms with Crippen LogP contribution in [0, 0.1) is 0 Å². The molecule has 1 aliphatic heterocycles. The minimum absolute atomic E-state index is 0.0407. The quantitative estimate of drug-likeness (QED) is 0.398. The molecule has 2 heteroatoms. The second kappa shape index (κ2) is 6.76. The maximum absolute atomic E-state index is 5.78. The molecule has 1 saturated heterocycles. The highest BCUT2D eigenvalue weighted by molar-refractivity contribution is 5.28. The van der Waals surface area contributed by atoms with Crippen LogP contribution in [0.2, 0.25) is 0 Å². The Hall–Kier alpha value is -1.28. The van der Waals surface area contributed by atoms with Crippen LogP contribution in [0.4, 0.5) is 0 Å². The van der Waals surface area contributed by atoms with Crippen LogP contribution in [-0.2, 0) is 11.2 Å². The summed E-state index contributed by atoms with van der Waals surface area (Å²) >= 11 is 0. The molecule has 0 spiro atoms. The molecule has 0 bridgehead atoms. The Balaban J connectivity index is 1.76. The van der Waals surface area contributed by atoms with Crippen LogP contribution in [0.5, 0.6) is 5.75 Å². The summed E-state index contributed by atoms with van der Waals surface area (Å²) in [4.78, 5) is 0. The van der Waals surface area contributed by atoms with Crippen molar-refractivity contribution in [2.75, 3.05) is 13.2 Å². The number of unbranched alkanes of at least 4 members (excludes halogenated alkanes) is 1. The lowest BCUT2D eigenvalue weighted by Crippen LogP contribution is -2.16. The van der Waals surface area contributed by atoms with E-state index in [0.717, 1.165) is 31.6 Å². The summed E-state index contributed by atoms with van der Waals surface area (Å²) in [6.45, 7) is 5.71. The van der Waals surface area contributed by atoms with Crippen molar-refractivity contribution in [3.63, 3.8) is 0 Å². The molecule has 1 aliphatic rings. The Kier molecular flexibility index (Phi) is 5.03. The molecule has 1 unspecified atom stereocenters. The van der Waals surface area contributed by atoms with Crippen LogP contribution in [0.3, 0.4) is 0 Å². The second-order valence-electron chi connectivity index (χ2n) is 5.45. The van der Waals surface area contributed by atoms with Gasteiger partial charge in [0, 0.05) is 0 Å². The van der Waals surface area contributed by atoms with Crippen molar-refractivity contribution in [1.29, 1.82) is 0 Å². The number of rotatable bonds is 8. The first kappa shape index (κ1) is 14.1. The first-order valence-corrected chi connectivity index (χ1v) is 7.22. The lowest BCUT2D eigenvalue weighted by Gasteiger charge is -2.10. The van der Waals surface area contributed by atoms with E-state index in [1.165, 1.54) is 12.0 Å². The van der Waals surface area contributed by atoms with Crippen molar-refractivity contribution >= 4 is 0 Å². The Labute approximate surface area is 116 Å². The monoisotopic (exact) mass is 260 g/mol. The fraction of sp³-hybridized carbons (Fsp3) is 0.529. The first-order chi connectivity index (χ1) is 9.22. The van der Waals surface area contributed by atoms with Gasteiger partial charge in [-0.1, -0.05) is 31.2 Å². The fourth-order valence-corrected chi connectivity index (χ4v) is 1.94. The van der Waals surface area contributed by atoms with Gasteiger partial charge in [-0.25, -0.2) is 0 Å². The summed E-state index contributed by atoms with van der Waals surface area (Å²) in [6.07, 6.45) is 9.09. The van der Waals surface area contributed by atoms with Gasteiger partial charge in [0.25, 0.3) is 0 Å². The zero-order valence-electron chi connectivity index (χ0n) is 12.0. The van der Waals surface area contributed by atoms with Crippen LogP contribution >= 0.6 is 0 Å². The van der Waals surface area contributed by atoms with E-state index in [1.807, 2.05) is 6.07 Å². The molecule has 1 aromatic rings. The van der Waals surface area contributed by atoms with E-state index >= 15 is 0 Å². The summed E-state index contributed by atoms with van der Waals surface area (Å²) in [5, 5.41) is 0. The van der Waals surface area contributed by atoms with E-state index in [9.17, 15) is 0 Å². The van der Waals surface area contributed by atoms with Gasteiger partial charge in [0.2, 0.25) is 0 Å². The van der Waals surface area contributed by atoms with Crippen molar-refractivity contribution in [3.05, 3.63) is 42.0 Å². The fourth-order valence-electron chi connectivity index (χ4n) is 1.94. The van der Waals surface area contributed by atoms with Crippen LogP contribution in [0.1, 0.15) is 38.7 Å². The van der Waals surface area contributed by atoms with Gasteiger partial charge in [-0.3, -0.25) is 0 Å². The smallest absolute Gasteiger partial charge is 0.123 e. The molecule has 104 valence electrons. The molecule has 0 saturated carbocycles. The van der Waals surface area contributed by atoms with Gasteiger partial charge in [-0.15, -0.1) is 0 Å². The standard InChI is InChI=1S/C17H24O2/c1-3-4-5-6-7-9-15-10-8-11-16(12-15)18-13-17(2)14-19-17/h4-5,8,10-12H,3,6-7,9,13-14H2,1-2H3/b5-4+. The highest BCUT2D eigenvalue weighted by Gasteiger charge is 2.40. The highest BCUT2D eigenvalue weighted by atomic mass is 16.6. The van der Waals surface area contributed by atoms with E-state index in [2.05, 4.69) is 44.2 Å². The number of benzene rings is 1. The molecule has 2 rings (SSSR count). The van der Waals surface area contributed by atoms with Gasteiger partial charge in [-0.05, 0) is 50.3 Å². The summed E-state index contributed by atoms with van der Waals surface area (Å²) in [5.74, 6) is 0.957. The van der Waals surface area contributed by atoms with Crippen LogP contribution in [-0.4, -0.2) is 18.8 Å². The molecule has 0 aromatic heterocycles. The van der Waals surface area contributed by atoms with Crippen LogP contribution in [0.25, 0.3) is 0 Å². The predicted molar refractivity (Wildman–Crippen MR) is 78.7 cm³/mol. The predicted octanol–water partition coefficient (Wildman–Crippen LogP) is 4.14. The van der Waals surface area contributed by atoms with Crippen LogP contribution < -0.4 is 4.74 Å². The normalized spacial score (nSPS) is 21.8. The molecule has 1 heterocycles. The zero-order valence-corrected chi connectivity index (χ0v) is 12.0. The number of aryl methyl sites for hydroxylation is 1. The maximum atomic E-state index is 5.78. The van der Waals surface area contributed by atoms with Gasteiger partial charge in [0.1, 0.15) is 18.0 Å². The SMILES string of the molecule is CC/C=C/CCCc1cccc(OCC2(C)CO2)c1. The molecule has 1 fully saturated rings. The first-order valence-electron chi connectivity index (χ1n) is 7.22. The van der Waals surface area contributed by atoms with Gasteiger partial charge < -0.3 is 9.47 Å². The number of ether oxygens (including phenoxy) is 2.